The number of rotatable bonds is 0. The fourth-order valence-corrected chi connectivity index (χ4v) is 0. The van der Waals surface area contributed by atoms with Crippen LogP contribution in [0.1, 0.15) is 4.28 Å². The van der Waals surface area contributed by atoms with Crippen LogP contribution in [0, 0.1) is 0 Å². The molecule has 0 nitrogen and oxygen atoms in total. The molecule has 0 aromatic rings. The summed E-state index contributed by atoms with van der Waals surface area (Å²) in [6.07, 6.45) is 0. The Balaban J connectivity index is 0. The fraction of sp³-hybridized carbons (Fsp3) is 0. The molecular formula is H6CaNaPSi. The monoisotopic (exact) mass is 128 g/mol. The maximum Gasteiger partial charge on any atom is 2.00 e. The molecule has 1 atom stereocenters. The Bertz CT molecular complexity index is 14.9. The Morgan fingerprint density at radius 3 is 1.25 bits per heavy atom. The Morgan fingerprint density at radius 1 is 1.25 bits per heavy atom. The third kappa shape index (κ3) is 8.86. The number of hydrogen-bond acceptors (Lipinski definition) is 0. The van der Waals surface area contributed by atoms with Crippen molar-refractivity contribution in [1.82, 2.24) is 0 Å². The Labute approximate surface area is 90.9 Å². The van der Waals surface area contributed by atoms with Crippen LogP contribution in [0.4, 0.5) is 0 Å². The van der Waals surface area contributed by atoms with Crippen LogP contribution >= 0.6 is 9.90 Å². The van der Waals surface area contributed by atoms with Crippen molar-refractivity contribution in [2.45, 2.75) is 0 Å². The first-order valence-corrected chi connectivity index (χ1v) is 0. The summed E-state index contributed by atoms with van der Waals surface area (Å²) in [5, 5.41) is 0. The SMILES string of the molecule is P.[Ca+2].[H-].[H-].[H-].[Na+].[Si]. The van der Waals surface area contributed by atoms with Gasteiger partial charge in [0.25, 0.3) is 0 Å². The summed E-state index contributed by atoms with van der Waals surface area (Å²) in [6, 6.07) is 0. The van der Waals surface area contributed by atoms with E-state index in [2.05, 4.69) is 0 Å². The summed E-state index contributed by atoms with van der Waals surface area (Å²) in [5.74, 6) is 0. The second-order valence-electron chi connectivity index (χ2n) is 0. The van der Waals surface area contributed by atoms with E-state index in [0.29, 0.717) is 0 Å². The normalized spacial score (nSPS) is 0. The molecule has 0 amide bonds. The maximum absolute atomic E-state index is 0. The first-order valence-electron chi connectivity index (χ1n) is 0. The molecule has 18 valence electrons. The molecule has 1 unspecified atom stereocenters. The van der Waals surface area contributed by atoms with Crippen molar-refractivity contribution in [3.05, 3.63) is 0 Å². The molecule has 0 spiro atoms. The van der Waals surface area contributed by atoms with Crippen LogP contribution < -0.4 is 29.6 Å². The van der Waals surface area contributed by atoms with Gasteiger partial charge in [-0.25, -0.2) is 0 Å². The summed E-state index contributed by atoms with van der Waals surface area (Å²) >= 11 is 0. The van der Waals surface area contributed by atoms with Gasteiger partial charge in [0.15, 0.2) is 0 Å². The van der Waals surface area contributed by atoms with Crippen molar-refractivity contribution in [2.24, 2.45) is 0 Å². The predicted molar refractivity (Wildman–Crippen MR) is 25.9 cm³/mol. The van der Waals surface area contributed by atoms with E-state index >= 15 is 0 Å². The van der Waals surface area contributed by atoms with Gasteiger partial charge in [0.05, 0.1) is 0 Å². The molecule has 0 fully saturated rings. The zero-order chi connectivity index (χ0) is 0. The van der Waals surface area contributed by atoms with Crippen LogP contribution in [0.2, 0.25) is 0 Å². The van der Waals surface area contributed by atoms with Gasteiger partial charge in [0.2, 0.25) is 0 Å². The fourth-order valence-electron chi connectivity index (χ4n) is 0. The molecule has 4 radical (unpaired) electrons. The van der Waals surface area contributed by atoms with Gasteiger partial charge in [-0.1, -0.05) is 0 Å². The van der Waals surface area contributed by atoms with Gasteiger partial charge < -0.3 is 4.28 Å². The third-order valence-corrected chi connectivity index (χ3v) is 0. The smallest absolute Gasteiger partial charge is 1.00 e. The molecule has 0 saturated carbocycles. The van der Waals surface area contributed by atoms with Crippen molar-refractivity contribution in [3.8, 4) is 0 Å². The summed E-state index contributed by atoms with van der Waals surface area (Å²) in [6.45, 7) is 0. The average Bonchev–Trinajstić information content (AvgIpc) is 0. The van der Waals surface area contributed by atoms with E-state index in [1.165, 1.54) is 0 Å². The molecule has 0 aromatic carbocycles. The van der Waals surface area contributed by atoms with Crippen LogP contribution in [0.15, 0.2) is 0 Å². The van der Waals surface area contributed by atoms with Gasteiger partial charge in [-0.3, -0.25) is 0 Å². The molecule has 0 heterocycles. The zero-order valence-electron chi connectivity index (χ0n) is 5.91. The van der Waals surface area contributed by atoms with Gasteiger partial charge >= 0.3 is 67.3 Å². The quantitative estimate of drug-likeness (QED) is 0.236. The third-order valence-electron chi connectivity index (χ3n) is 0. The molecule has 0 aliphatic rings. The van der Waals surface area contributed by atoms with Crippen LogP contribution in [-0.4, -0.2) is 48.7 Å². The van der Waals surface area contributed by atoms with Gasteiger partial charge in [-0.15, -0.1) is 0 Å². The van der Waals surface area contributed by atoms with Crippen LogP contribution in [0.5, 0.6) is 0 Å². The molecule has 0 N–H and O–H groups in total. The topological polar surface area (TPSA) is 0 Å². The van der Waals surface area contributed by atoms with Crippen LogP contribution in [-0.2, 0) is 0 Å². The van der Waals surface area contributed by atoms with E-state index in [1.54, 1.807) is 0 Å². The van der Waals surface area contributed by atoms with E-state index in [-0.39, 0.29) is 92.4 Å². The minimum Gasteiger partial charge on any atom is -1.00 e. The van der Waals surface area contributed by atoms with Crippen molar-refractivity contribution < 1.29 is 33.8 Å². The average molecular weight is 128 g/mol. The van der Waals surface area contributed by atoms with Crippen molar-refractivity contribution >= 4 is 58.6 Å². The largest absolute Gasteiger partial charge is 2.00 e. The van der Waals surface area contributed by atoms with E-state index in [0.717, 1.165) is 0 Å². The van der Waals surface area contributed by atoms with E-state index < -0.39 is 0 Å². The summed E-state index contributed by atoms with van der Waals surface area (Å²) in [5.41, 5.74) is 0. The first-order chi connectivity index (χ1) is 0. The molecule has 4 heteroatoms. The standard InChI is InChI=1S/Ca.Na.H3P.Si.3H/h;;1H3;;;;/q+2;+1;;;3*-1. The summed E-state index contributed by atoms with van der Waals surface area (Å²) < 4.78 is 0. The Morgan fingerprint density at radius 2 is 1.25 bits per heavy atom. The van der Waals surface area contributed by atoms with Gasteiger partial charge in [0.1, 0.15) is 0 Å². The second kappa shape index (κ2) is 16.8. The molecule has 4 heavy (non-hydrogen) atoms. The maximum atomic E-state index is 0. The minimum atomic E-state index is 0. The molecule has 0 aliphatic carbocycles. The summed E-state index contributed by atoms with van der Waals surface area (Å²) in [7, 11) is 0. The molecule has 0 rings (SSSR count). The minimum absolute atomic E-state index is 0. The molecule has 0 saturated heterocycles. The molecular weight excluding hydrogens is 122 g/mol. The molecule has 0 aromatic heterocycles. The number of hydrogen-bond donors (Lipinski definition) is 0. The van der Waals surface area contributed by atoms with Gasteiger partial charge in [-0.05, 0) is 0 Å². The van der Waals surface area contributed by atoms with Crippen LogP contribution in [0.25, 0.3) is 0 Å². The Kier molecular flexibility index (Phi) is 120. The van der Waals surface area contributed by atoms with E-state index in [4.69, 9.17) is 0 Å². The van der Waals surface area contributed by atoms with Crippen molar-refractivity contribution in [2.75, 3.05) is 0 Å². The van der Waals surface area contributed by atoms with Crippen molar-refractivity contribution in [3.63, 3.8) is 0 Å². The second-order valence-corrected chi connectivity index (χ2v) is 0. The van der Waals surface area contributed by atoms with Gasteiger partial charge in [0, 0.05) is 11.0 Å². The summed E-state index contributed by atoms with van der Waals surface area (Å²) in [4.78, 5) is 0. The Hall–Kier alpha value is 2.91. The van der Waals surface area contributed by atoms with Crippen LogP contribution in [0.3, 0.4) is 0 Å². The van der Waals surface area contributed by atoms with E-state index in [9.17, 15) is 0 Å². The van der Waals surface area contributed by atoms with Crippen molar-refractivity contribution in [1.29, 1.82) is 0 Å². The predicted octanol–water partition coefficient (Wildman–Crippen LogP) is -3.36. The molecule has 0 aliphatic heterocycles. The van der Waals surface area contributed by atoms with E-state index in [1.807, 2.05) is 0 Å². The van der Waals surface area contributed by atoms with Gasteiger partial charge in [-0.2, -0.15) is 9.90 Å². The molecule has 0 bridgehead atoms. The zero-order valence-corrected chi connectivity index (χ0v) is 9.54. The first kappa shape index (κ1) is 28.5.